The molecule has 0 aliphatic rings. The minimum Gasteiger partial charge on any atom is -0.493 e. The van der Waals surface area contributed by atoms with E-state index < -0.39 is 5.97 Å². The van der Waals surface area contributed by atoms with Crippen molar-refractivity contribution in [3.05, 3.63) is 65.7 Å². The lowest BCUT2D eigenvalue weighted by Gasteiger charge is -2.07. The molecule has 0 unspecified atom stereocenters. The van der Waals surface area contributed by atoms with E-state index in [1.165, 1.54) is 11.1 Å². The van der Waals surface area contributed by atoms with Gasteiger partial charge in [0.05, 0.1) is 13.0 Å². The van der Waals surface area contributed by atoms with E-state index in [0.717, 1.165) is 12.2 Å². The van der Waals surface area contributed by atoms with Crippen LogP contribution in [0.15, 0.2) is 54.6 Å². The third-order valence-electron chi connectivity index (χ3n) is 2.92. The molecule has 5 nitrogen and oxygen atoms in total. The minimum atomic E-state index is -0.460. The molecule has 0 heterocycles. The van der Waals surface area contributed by atoms with Crippen molar-refractivity contribution in [3.63, 3.8) is 0 Å². The maximum atomic E-state index is 11.0. The van der Waals surface area contributed by atoms with Crippen LogP contribution in [0.4, 0.5) is 0 Å². The van der Waals surface area contributed by atoms with Crippen LogP contribution >= 0.6 is 0 Å². The Balaban J connectivity index is 1.80. The van der Waals surface area contributed by atoms with Gasteiger partial charge in [0, 0.05) is 0 Å². The maximum Gasteiger partial charge on any atom is 0.329 e. The summed E-state index contributed by atoms with van der Waals surface area (Å²) in [6, 6.07) is 18.1. The second kappa shape index (κ2) is 8.04. The van der Waals surface area contributed by atoms with E-state index in [-0.39, 0.29) is 13.0 Å². The molecule has 0 fully saturated rings. The van der Waals surface area contributed by atoms with Crippen LogP contribution < -0.4 is 16.2 Å². The van der Waals surface area contributed by atoms with Crippen LogP contribution in [0.25, 0.3) is 0 Å². The SMILES string of the molecule is NNOC(=O)CCOc1ccc(Cc2ccccc2)cc1. The average Bonchev–Trinajstić information content (AvgIpc) is 2.50. The number of carbonyl (C=O) groups is 1. The van der Waals surface area contributed by atoms with Crippen LogP contribution in [0, 0.1) is 0 Å². The van der Waals surface area contributed by atoms with Gasteiger partial charge in [0.15, 0.2) is 0 Å². The molecule has 0 spiro atoms. The van der Waals surface area contributed by atoms with Crippen LogP contribution in [0.1, 0.15) is 17.5 Å². The molecule has 0 atom stereocenters. The van der Waals surface area contributed by atoms with Gasteiger partial charge in [0.2, 0.25) is 0 Å². The molecule has 3 N–H and O–H groups in total. The van der Waals surface area contributed by atoms with Gasteiger partial charge in [-0.3, -0.25) is 4.79 Å². The number of carbonyl (C=O) groups excluding carboxylic acids is 1. The number of ether oxygens (including phenoxy) is 1. The third-order valence-corrected chi connectivity index (χ3v) is 2.92. The summed E-state index contributed by atoms with van der Waals surface area (Å²) < 4.78 is 5.46. The monoisotopic (exact) mass is 286 g/mol. The Kier molecular flexibility index (Phi) is 5.75. The standard InChI is InChI=1S/C16H18N2O3/c17-18-21-16(19)10-11-20-15-8-6-14(7-9-15)12-13-4-2-1-3-5-13/h1-9,18H,10-12,17H2. The van der Waals surface area contributed by atoms with E-state index in [1.807, 2.05) is 48.1 Å². The molecule has 0 aromatic heterocycles. The van der Waals surface area contributed by atoms with Gasteiger partial charge in [-0.05, 0) is 29.7 Å². The highest BCUT2D eigenvalue weighted by Gasteiger charge is 2.03. The van der Waals surface area contributed by atoms with Gasteiger partial charge in [-0.15, -0.1) is 0 Å². The van der Waals surface area contributed by atoms with E-state index in [1.54, 1.807) is 0 Å². The summed E-state index contributed by atoms with van der Waals surface area (Å²) in [6.07, 6.45) is 1.02. The van der Waals surface area contributed by atoms with Gasteiger partial charge in [0.25, 0.3) is 0 Å². The van der Waals surface area contributed by atoms with Crippen molar-refractivity contribution >= 4 is 5.97 Å². The lowest BCUT2D eigenvalue weighted by molar-refractivity contribution is -0.151. The molecule has 0 saturated carbocycles. The van der Waals surface area contributed by atoms with E-state index in [2.05, 4.69) is 17.0 Å². The van der Waals surface area contributed by atoms with Crippen molar-refractivity contribution in [2.75, 3.05) is 6.61 Å². The first-order valence-corrected chi connectivity index (χ1v) is 6.69. The summed E-state index contributed by atoms with van der Waals surface area (Å²) in [5.74, 6) is 5.12. The number of benzene rings is 2. The summed E-state index contributed by atoms with van der Waals surface area (Å²) in [4.78, 5) is 15.4. The normalized spacial score (nSPS) is 10.1. The second-order valence-electron chi connectivity index (χ2n) is 4.50. The van der Waals surface area contributed by atoms with E-state index >= 15 is 0 Å². The molecule has 2 aromatic carbocycles. The first-order valence-electron chi connectivity index (χ1n) is 6.69. The Morgan fingerprint density at radius 2 is 1.67 bits per heavy atom. The third kappa shape index (κ3) is 5.25. The zero-order valence-electron chi connectivity index (χ0n) is 11.6. The molecule has 21 heavy (non-hydrogen) atoms. The van der Waals surface area contributed by atoms with Gasteiger partial charge >= 0.3 is 5.97 Å². The van der Waals surface area contributed by atoms with Crippen LogP contribution in [-0.2, 0) is 16.1 Å². The highest BCUT2D eigenvalue weighted by Crippen LogP contribution is 2.15. The molecule has 110 valence electrons. The summed E-state index contributed by atoms with van der Waals surface area (Å²) >= 11 is 0. The highest BCUT2D eigenvalue weighted by molar-refractivity contribution is 5.69. The molecule has 0 aliphatic heterocycles. The molecular formula is C16H18N2O3. The smallest absolute Gasteiger partial charge is 0.329 e. The fourth-order valence-electron chi connectivity index (χ4n) is 1.90. The quantitative estimate of drug-likeness (QED) is 0.601. The Morgan fingerprint density at radius 1 is 1.00 bits per heavy atom. The van der Waals surface area contributed by atoms with Gasteiger partial charge in [-0.2, -0.15) is 0 Å². The summed E-state index contributed by atoms with van der Waals surface area (Å²) in [5.41, 5.74) is 4.32. The maximum absolute atomic E-state index is 11.0. The molecule has 2 aromatic rings. The molecule has 0 aliphatic carbocycles. The lowest BCUT2D eigenvalue weighted by Crippen LogP contribution is -2.26. The number of hydrogen-bond donors (Lipinski definition) is 2. The molecular weight excluding hydrogens is 268 g/mol. The number of rotatable bonds is 7. The Hall–Kier alpha value is -2.37. The molecule has 0 bridgehead atoms. The summed E-state index contributed by atoms with van der Waals surface area (Å²) in [5, 5.41) is 0. The molecule has 0 radical (unpaired) electrons. The van der Waals surface area contributed by atoms with Crippen LogP contribution in [0.2, 0.25) is 0 Å². The van der Waals surface area contributed by atoms with Crippen LogP contribution in [0.3, 0.4) is 0 Å². The molecule has 5 heteroatoms. The lowest BCUT2D eigenvalue weighted by atomic mass is 10.1. The summed E-state index contributed by atoms with van der Waals surface area (Å²) in [6.45, 7) is 0.249. The fourth-order valence-corrected chi connectivity index (χ4v) is 1.90. The van der Waals surface area contributed by atoms with E-state index in [0.29, 0.717) is 0 Å². The molecule has 2 rings (SSSR count). The van der Waals surface area contributed by atoms with Crippen molar-refractivity contribution < 1.29 is 14.4 Å². The minimum absolute atomic E-state index is 0.135. The van der Waals surface area contributed by atoms with Crippen LogP contribution in [0.5, 0.6) is 5.75 Å². The highest BCUT2D eigenvalue weighted by atomic mass is 16.7. The number of hydrazine groups is 1. The largest absolute Gasteiger partial charge is 0.493 e. The predicted molar refractivity (Wildman–Crippen MR) is 79.2 cm³/mol. The van der Waals surface area contributed by atoms with Crippen molar-refractivity contribution in [2.45, 2.75) is 12.8 Å². The van der Waals surface area contributed by atoms with Crippen molar-refractivity contribution in [1.29, 1.82) is 0 Å². The van der Waals surface area contributed by atoms with Gasteiger partial charge in [-0.1, -0.05) is 48.1 Å². The number of nitrogens with two attached hydrogens (primary N) is 1. The van der Waals surface area contributed by atoms with Gasteiger partial charge in [-0.25, -0.2) is 5.84 Å². The number of hydrogen-bond acceptors (Lipinski definition) is 5. The van der Waals surface area contributed by atoms with Gasteiger partial charge in [0.1, 0.15) is 5.75 Å². The number of nitrogens with one attached hydrogen (secondary N) is 1. The molecule has 0 amide bonds. The summed E-state index contributed by atoms with van der Waals surface area (Å²) in [7, 11) is 0. The Labute approximate surface area is 123 Å². The van der Waals surface area contributed by atoms with Crippen molar-refractivity contribution in [1.82, 2.24) is 5.59 Å². The molecule has 0 saturated heterocycles. The first-order chi connectivity index (χ1) is 10.3. The second-order valence-corrected chi connectivity index (χ2v) is 4.50. The fraction of sp³-hybridized carbons (Fsp3) is 0.188. The van der Waals surface area contributed by atoms with Crippen molar-refractivity contribution in [3.8, 4) is 5.75 Å². The van der Waals surface area contributed by atoms with Crippen molar-refractivity contribution in [2.24, 2.45) is 5.84 Å². The zero-order chi connectivity index (χ0) is 14.9. The Morgan fingerprint density at radius 3 is 2.33 bits per heavy atom. The average molecular weight is 286 g/mol. The Bertz CT molecular complexity index is 555. The van der Waals surface area contributed by atoms with Crippen LogP contribution in [-0.4, -0.2) is 12.6 Å². The van der Waals surface area contributed by atoms with E-state index in [9.17, 15) is 4.79 Å². The topological polar surface area (TPSA) is 73.6 Å². The van der Waals surface area contributed by atoms with E-state index in [4.69, 9.17) is 10.6 Å². The van der Waals surface area contributed by atoms with Gasteiger partial charge < -0.3 is 9.57 Å². The zero-order valence-corrected chi connectivity index (χ0v) is 11.6. The first kappa shape index (κ1) is 15.0. The predicted octanol–water partition coefficient (Wildman–Crippen LogP) is 1.97.